The molecule has 4 aromatic rings. The van der Waals surface area contributed by atoms with E-state index in [0.29, 0.717) is 23.4 Å². The summed E-state index contributed by atoms with van der Waals surface area (Å²) in [4.78, 5) is 43.9. The molecule has 1 aliphatic rings. The van der Waals surface area contributed by atoms with Crippen LogP contribution in [0.5, 0.6) is 5.75 Å². The van der Waals surface area contributed by atoms with Crippen LogP contribution in [0.4, 0.5) is 5.69 Å². The molecule has 1 aromatic heterocycles. The van der Waals surface area contributed by atoms with Crippen LogP contribution in [0, 0.1) is 10.1 Å². The van der Waals surface area contributed by atoms with Crippen LogP contribution in [-0.2, 0) is 11.2 Å². The van der Waals surface area contributed by atoms with Gasteiger partial charge in [0.05, 0.1) is 12.0 Å². The lowest BCUT2D eigenvalue weighted by Gasteiger charge is -2.33. The third-order valence-corrected chi connectivity index (χ3v) is 7.73. The van der Waals surface area contributed by atoms with Gasteiger partial charge in [-0.3, -0.25) is 19.7 Å². The van der Waals surface area contributed by atoms with Gasteiger partial charge in [0.1, 0.15) is 17.5 Å². The summed E-state index contributed by atoms with van der Waals surface area (Å²) in [5.74, 6) is 0.0880. The van der Waals surface area contributed by atoms with Crippen molar-refractivity contribution in [3.05, 3.63) is 106 Å². The summed E-state index contributed by atoms with van der Waals surface area (Å²) in [5, 5.41) is 15.4. The van der Waals surface area contributed by atoms with Crippen molar-refractivity contribution in [3.63, 3.8) is 0 Å². The number of nitro benzene ring substituents is 1. The van der Waals surface area contributed by atoms with Crippen molar-refractivity contribution in [1.29, 1.82) is 0 Å². The number of amides is 2. The van der Waals surface area contributed by atoms with Crippen molar-refractivity contribution in [1.82, 2.24) is 15.2 Å². The monoisotopic (exact) mass is 554 g/mol. The highest BCUT2D eigenvalue weighted by atomic mass is 16.6. The fourth-order valence-electron chi connectivity index (χ4n) is 5.55. The number of para-hydroxylation sites is 1. The number of carbonyl (C=O) groups is 2. The van der Waals surface area contributed by atoms with Crippen LogP contribution in [0.1, 0.15) is 59.8 Å². The number of nitrogens with zero attached hydrogens (tertiary/aromatic N) is 2. The Kier molecular flexibility index (Phi) is 8.62. The average molecular weight is 555 g/mol. The van der Waals surface area contributed by atoms with Crippen molar-refractivity contribution in [2.75, 3.05) is 13.7 Å². The summed E-state index contributed by atoms with van der Waals surface area (Å²) in [7, 11) is 1.60. The van der Waals surface area contributed by atoms with Crippen molar-refractivity contribution >= 4 is 28.4 Å². The van der Waals surface area contributed by atoms with Gasteiger partial charge in [0.15, 0.2) is 0 Å². The van der Waals surface area contributed by atoms with Crippen molar-refractivity contribution < 1.29 is 19.2 Å². The zero-order valence-electron chi connectivity index (χ0n) is 23.0. The van der Waals surface area contributed by atoms with Gasteiger partial charge in [0, 0.05) is 35.6 Å². The topological polar surface area (TPSA) is 118 Å². The van der Waals surface area contributed by atoms with Gasteiger partial charge < -0.3 is 19.9 Å². The Bertz CT molecular complexity index is 1490. The van der Waals surface area contributed by atoms with Gasteiger partial charge in [-0.25, -0.2) is 0 Å². The second kappa shape index (κ2) is 12.7. The molecule has 0 spiro atoms. The maximum Gasteiger partial charge on any atom is 0.271 e. The Labute approximate surface area is 238 Å². The Morgan fingerprint density at radius 1 is 1.02 bits per heavy atom. The van der Waals surface area contributed by atoms with Gasteiger partial charge in [-0.15, -0.1) is 0 Å². The molecule has 9 heteroatoms. The number of carbonyl (C=O) groups excluding carboxylic acids is 2. The molecule has 1 heterocycles. The first-order chi connectivity index (χ1) is 19.9. The normalized spacial score (nSPS) is 14.4. The fraction of sp³-hybridized carbons (Fsp3) is 0.312. The largest absolute Gasteiger partial charge is 0.497 e. The molecule has 0 aliphatic heterocycles. The first kappa shape index (κ1) is 27.9. The van der Waals surface area contributed by atoms with Crippen LogP contribution in [0.15, 0.2) is 78.9 Å². The standard InChI is InChI=1S/C32H34N4O5/c1-41-27-12-7-8-22(20-27)18-19-35(32(38)29-21-24-9-5-6-13-28(24)34-29)30(23-14-16-26(17-15-23)36(39)40)31(37)33-25-10-3-2-4-11-25/h5-9,12-17,20-21,25,30,34H,2-4,10-11,18-19H2,1H3,(H,33,37). The van der Waals surface area contributed by atoms with E-state index in [1.807, 2.05) is 48.5 Å². The van der Waals surface area contributed by atoms with Gasteiger partial charge >= 0.3 is 0 Å². The second-order valence-electron chi connectivity index (χ2n) is 10.5. The number of ether oxygens (including phenoxy) is 1. The van der Waals surface area contributed by atoms with Crippen LogP contribution >= 0.6 is 0 Å². The molecule has 0 saturated heterocycles. The molecule has 9 nitrogen and oxygen atoms in total. The summed E-state index contributed by atoms with van der Waals surface area (Å²) in [5.41, 5.74) is 2.58. The molecule has 0 radical (unpaired) electrons. The van der Waals surface area contributed by atoms with E-state index in [9.17, 15) is 19.7 Å². The number of nitro groups is 1. The van der Waals surface area contributed by atoms with E-state index in [1.165, 1.54) is 12.1 Å². The van der Waals surface area contributed by atoms with E-state index in [4.69, 9.17) is 4.74 Å². The lowest BCUT2D eigenvalue weighted by Crippen LogP contribution is -2.47. The zero-order chi connectivity index (χ0) is 28.8. The summed E-state index contributed by atoms with van der Waals surface area (Å²) < 4.78 is 5.38. The predicted octanol–water partition coefficient (Wildman–Crippen LogP) is 5.96. The molecule has 212 valence electrons. The summed E-state index contributed by atoms with van der Waals surface area (Å²) in [6, 6.07) is 22.0. The minimum Gasteiger partial charge on any atom is -0.497 e. The van der Waals surface area contributed by atoms with E-state index in [0.717, 1.165) is 48.6 Å². The zero-order valence-corrected chi connectivity index (χ0v) is 23.0. The maximum atomic E-state index is 14.2. The van der Waals surface area contributed by atoms with Gasteiger partial charge in [0.2, 0.25) is 5.91 Å². The number of methoxy groups -OCH3 is 1. The molecule has 1 fully saturated rings. The van der Waals surface area contributed by atoms with Crippen LogP contribution in [0.25, 0.3) is 10.9 Å². The summed E-state index contributed by atoms with van der Waals surface area (Å²) in [6.07, 6.45) is 5.48. The number of aromatic amines is 1. The highest BCUT2D eigenvalue weighted by Crippen LogP contribution is 2.28. The van der Waals surface area contributed by atoms with Crippen LogP contribution in [0.2, 0.25) is 0 Å². The van der Waals surface area contributed by atoms with E-state index in [1.54, 1.807) is 30.2 Å². The number of hydrogen-bond acceptors (Lipinski definition) is 5. The van der Waals surface area contributed by atoms with Crippen LogP contribution < -0.4 is 10.1 Å². The van der Waals surface area contributed by atoms with Gasteiger partial charge in [0.25, 0.3) is 11.6 Å². The number of fused-ring (bicyclic) bond motifs is 1. The maximum absolute atomic E-state index is 14.2. The molecule has 0 bridgehead atoms. The number of benzene rings is 3. The molecule has 1 unspecified atom stereocenters. The van der Waals surface area contributed by atoms with Gasteiger partial charge in [-0.2, -0.15) is 0 Å². The van der Waals surface area contributed by atoms with Crippen molar-refractivity contribution in [3.8, 4) is 5.75 Å². The SMILES string of the molecule is COc1cccc(CCN(C(=O)c2cc3ccccc3[nH]2)C(C(=O)NC2CCCCC2)c2ccc([N+](=O)[O-])cc2)c1. The average Bonchev–Trinajstić information content (AvgIpc) is 3.44. The van der Waals surface area contributed by atoms with Crippen molar-refractivity contribution in [2.24, 2.45) is 0 Å². The van der Waals surface area contributed by atoms with E-state index >= 15 is 0 Å². The van der Waals surface area contributed by atoms with Crippen LogP contribution in [-0.4, -0.2) is 46.3 Å². The third kappa shape index (κ3) is 6.57. The molecule has 2 amide bonds. The molecule has 1 aliphatic carbocycles. The van der Waals surface area contributed by atoms with Gasteiger partial charge in [-0.05, 0) is 66.8 Å². The number of H-pyrrole nitrogens is 1. The Balaban J connectivity index is 1.54. The smallest absolute Gasteiger partial charge is 0.271 e. The highest BCUT2D eigenvalue weighted by Gasteiger charge is 2.34. The number of non-ortho nitro benzene ring substituents is 1. The van der Waals surface area contributed by atoms with Crippen molar-refractivity contribution in [2.45, 2.75) is 50.6 Å². The summed E-state index contributed by atoms with van der Waals surface area (Å²) >= 11 is 0. The molecule has 5 rings (SSSR count). The lowest BCUT2D eigenvalue weighted by molar-refractivity contribution is -0.384. The first-order valence-corrected chi connectivity index (χ1v) is 14.0. The minimum absolute atomic E-state index is 0.0280. The molecule has 41 heavy (non-hydrogen) atoms. The van der Waals surface area contributed by atoms with E-state index in [-0.39, 0.29) is 30.1 Å². The first-order valence-electron chi connectivity index (χ1n) is 14.0. The number of aromatic nitrogens is 1. The lowest BCUT2D eigenvalue weighted by atomic mass is 9.94. The van der Waals surface area contributed by atoms with Gasteiger partial charge in [-0.1, -0.05) is 49.6 Å². The molecular weight excluding hydrogens is 520 g/mol. The number of hydrogen-bond donors (Lipinski definition) is 2. The second-order valence-corrected chi connectivity index (χ2v) is 10.5. The predicted molar refractivity (Wildman–Crippen MR) is 157 cm³/mol. The Hall–Kier alpha value is -4.66. The van der Waals surface area contributed by atoms with E-state index in [2.05, 4.69) is 10.3 Å². The highest BCUT2D eigenvalue weighted by molar-refractivity contribution is 6.00. The van der Waals surface area contributed by atoms with E-state index < -0.39 is 11.0 Å². The summed E-state index contributed by atoms with van der Waals surface area (Å²) in [6.45, 7) is 0.237. The molecular formula is C32H34N4O5. The quantitative estimate of drug-likeness (QED) is 0.185. The van der Waals surface area contributed by atoms with Crippen LogP contribution in [0.3, 0.4) is 0 Å². The minimum atomic E-state index is -0.984. The molecule has 2 N–H and O–H groups in total. The Morgan fingerprint density at radius 3 is 2.49 bits per heavy atom. The molecule has 1 atom stereocenters. The molecule has 3 aromatic carbocycles. The Morgan fingerprint density at radius 2 is 1.78 bits per heavy atom. The fourth-order valence-corrected chi connectivity index (χ4v) is 5.55. The number of rotatable bonds is 10. The number of nitrogens with one attached hydrogen (secondary N) is 2. The molecule has 1 saturated carbocycles. The third-order valence-electron chi connectivity index (χ3n) is 7.73.